The molecule has 0 radical (unpaired) electrons. The number of nitrogens with zero attached hydrogens (tertiary/aromatic N) is 2. The van der Waals surface area contributed by atoms with Crippen molar-refractivity contribution in [3.63, 3.8) is 0 Å². The number of ether oxygens (including phenoxy) is 1. The number of carbonyl (C=O) groups excluding carboxylic acids is 1. The third-order valence-electron chi connectivity index (χ3n) is 4.08. The molecule has 29 heavy (non-hydrogen) atoms. The molecule has 1 amide bonds. The summed E-state index contributed by atoms with van der Waals surface area (Å²) in [5.41, 5.74) is 1.69. The monoisotopic (exact) mass is 409 g/mol. The maximum Gasteiger partial charge on any atom is 0.258 e. The number of rotatable bonds is 7. The van der Waals surface area contributed by atoms with E-state index in [0.29, 0.717) is 28.2 Å². The summed E-state index contributed by atoms with van der Waals surface area (Å²) in [5, 5.41) is 10.9. The molecule has 0 unspecified atom stereocenters. The van der Waals surface area contributed by atoms with E-state index >= 15 is 0 Å². The molecule has 0 aliphatic rings. The molecule has 0 fully saturated rings. The Hall–Kier alpha value is -3.58. The van der Waals surface area contributed by atoms with Crippen LogP contribution >= 0.6 is 11.6 Å². The van der Waals surface area contributed by atoms with Gasteiger partial charge in [-0.15, -0.1) is 10.2 Å². The Balaban J connectivity index is 1.25. The van der Waals surface area contributed by atoms with Gasteiger partial charge in [-0.05, 0) is 60.7 Å². The fourth-order valence-corrected chi connectivity index (χ4v) is 2.75. The summed E-state index contributed by atoms with van der Waals surface area (Å²) < 4.78 is 16.4. The molecule has 7 nitrogen and oxygen atoms in total. The SMILES string of the molecule is O=C(COc1ccc(-c2nnco2)cc1)NCc1ccc(-c2ccc(Cl)cc2)o1. The van der Waals surface area contributed by atoms with Crippen LogP contribution in [0.3, 0.4) is 0 Å². The van der Waals surface area contributed by atoms with Crippen LogP contribution < -0.4 is 10.1 Å². The van der Waals surface area contributed by atoms with Crippen molar-refractivity contribution in [2.75, 3.05) is 6.61 Å². The summed E-state index contributed by atoms with van der Waals surface area (Å²) in [6.45, 7) is 0.163. The van der Waals surface area contributed by atoms with Crippen LogP contribution in [0.1, 0.15) is 5.76 Å². The van der Waals surface area contributed by atoms with E-state index in [1.807, 2.05) is 24.3 Å². The van der Waals surface area contributed by atoms with E-state index in [0.717, 1.165) is 11.1 Å². The van der Waals surface area contributed by atoms with E-state index in [1.165, 1.54) is 6.39 Å². The van der Waals surface area contributed by atoms with Gasteiger partial charge < -0.3 is 18.9 Å². The van der Waals surface area contributed by atoms with Gasteiger partial charge in [-0.1, -0.05) is 11.6 Å². The number of amides is 1. The van der Waals surface area contributed by atoms with Crippen LogP contribution in [-0.2, 0) is 11.3 Å². The summed E-state index contributed by atoms with van der Waals surface area (Å²) in [4.78, 5) is 12.0. The van der Waals surface area contributed by atoms with Crippen molar-refractivity contribution >= 4 is 17.5 Å². The second-order valence-corrected chi connectivity index (χ2v) is 6.54. The van der Waals surface area contributed by atoms with Crippen LogP contribution in [0.4, 0.5) is 0 Å². The maximum absolute atomic E-state index is 12.0. The van der Waals surface area contributed by atoms with Crippen LogP contribution in [0.15, 0.2) is 75.9 Å². The Morgan fingerprint density at radius 2 is 1.76 bits per heavy atom. The van der Waals surface area contributed by atoms with Crippen molar-refractivity contribution in [2.24, 2.45) is 0 Å². The van der Waals surface area contributed by atoms with E-state index in [-0.39, 0.29) is 19.1 Å². The average Bonchev–Trinajstić information content (AvgIpc) is 3.44. The number of hydrogen-bond donors (Lipinski definition) is 1. The van der Waals surface area contributed by atoms with E-state index < -0.39 is 0 Å². The molecule has 4 aromatic rings. The molecule has 0 atom stereocenters. The standard InChI is InChI=1S/C21H16ClN3O4/c22-16-5-1-14(2-6-16)19-10-9-18(29-19)11-23-20(26)12-27-17-7-3-15(4-8-17)21-25-24-13-28-21/h1-10,13H,11-12H2,(H,23,26). The zero-order chi connectivity index (χ0) is 20.1. The molecule has 0 spiro atoms. The normalized spacial score (nSPS) is 10.7. The molecule has 2 aromatic carbocycles. The molecule has 2 heterocycles. The topological polar surface area (TPSA) is 90.4 Å². The molecule has 1 N–H and O–H groups in total. The Morgan fingerprint density at radius 1 is 1.00 bits per heavy atom. The third-order valence-corrected chi connectivity index (χ3v) is 4.33. The van der Waals surface area contributed by atoms with Gasteiger partial charge in [-0.3, -0.25) is 4.79 Å². The van der Waals surface area contributed by atoms with Crippen molar-refractivity contribution < 1.29 is 18.4 Å². The number of nitrogens with one attached hydrogen (secondary N) is 1. The second-order valence-electron chi connectivity index (χ2n) is 6.11. The van der Waals surface area contributed by atoms with Gasteiger partial charge in [0.25, 0.3) is 5.91 Å². The number of furan rings is 1. The first-order valence-electron chi connectivity index (χ1n) is 8.78. The molecule has 146 valence electrons. The van der Waals surface area contributed by atoms with Crippen LogP contribution in [0.5, 0.6) is 5.75 Å². The predicted octanol–water partition coefficient (Wildman–Crippen LogP) is 4.35. The molecular weight excluding hydrogens is 394 g/mol. The Bertz CT molecular complexity index is 1070. The summed E-state index contributed by atoms with van der Waals surface area (Å²) in [6, 6.07) is 18.1. The molecule has 2 aromatic heterocycles. The van der Waals surface area contributed by atoms with Gasteiger partial charge in [-0.2, -0.15) is 0 Å². The van der Waals surface area contributed by atoms with Crippen molar-refractivity contribution in [2.45, 2.75) is 6.54 Å². The average molecular weight is 410 g/mol. The number of halogens is 1. The van der Waals surface area contributed by atoms with E-state index in [1.54, 1.807) is 36.4 Å². The van der Waals surface area contributed by atoms with Crippen LogP contribution in [0.2, 0.25) is 5.02 Å². The third kappa shape index (κ3) is 4.83. The minimum Gasteiger partial charge on any atom is -0.484 e. The first-order valence-corrected chi connectivity index (χ1v) is 9.16. The lowest BCUT2D eigenvalue weighted by Gasteiger charge is -2.07. The fourth-order valence-electron chi connectivity index (χ4n) is 2.62. The fraction of sp³-hybridized carbons (Fsp3) is 0.0952. The lowest BCUT2D eigenvalue weighted by atomic mass is 10.2. The highest BCUT2D eigenvalue weighted by molar-refractivity contribution is 6.30. The zero-order valence-electron chi connectivity index (χ0n) is 15.2. The van der Waals surface area contributed by atoms with E-state index in [9.17, 15) is 4.79 Å². The van der Waals surface area contributed by atoms with Crippen molar-refractivity contribution in [3.8, 4) is 28.5 Å². The Labute approximate surface area is 171 Å². The summed E-state index contributed by atoms with van der Waals surface area (Å²) in [5.74, 6) is 2.09. The highest BCUT2D eigenvalue weighted by Crippen LogP contribution is 2.24. The van der Waals surface area contributed by atoms with Crippen LogP contribution in [0, 0.1) is 0 Å². The lowest BCUT2D eigenvalue weighted by Crippen LogP contribution is -2.28. The minimum absolute atomic E-state index is 0.106. The number of hydrogen-bond acceptors (Lipinski definition) is 6. The van der Waals surface area contributed by atoms with Gasteiger partial charge in [0.1, 0.15) is 17.3 Å². The molecule has 0 aliphatic heterocycles. The zero-order valence-corrected chi connectivity index (χ0v) is 15.9. The molecule has 8 heteroatoms. The highest BCUT2D eigenvalue weighted by atomic mass is 35.5. The number of carbonyl (C=O) groups is 1. The van der Waals surface area contributed by atoms with Gasteiger partial charge in [0, 0.05) is 16.1 Å². The van der Waals surface area contributed by atoms with Crippen LogP contribution in [0.25, 0.3) is 22.8 Å². The highest BCUT2D eigenvalue weighted by Gasteiger charge is 2.08. The Morgan fingerprint density at radius 3 is 2.48 bits per heavy atom. The van der Waals surface area contributed by atoms with Crippen molar-refractivity contribution in [1.82, 2.24) is 15.5 Å². The maximum atomic E-state index is 12.0. The molecular formula is C21H16ClN3O4. The second kappa shape index (κ2) is 8.62. The van der Waals surface area contributed by atoms with Gasteiger partial charge in [0.15, 0.2) is 6.61 Å². The van der Waals surface area contributed by atoms with Gasteiger partial charge in [0.05, 0.1) is 6.54 Å². The largest absolute Gasteiger partial charge is 0.484 e. The van der Waals surface area contributed by atoms with E-state index in [4.69, 9.17) is 25.2 Å². The van der Waals surface area contributed by atoms with Crippen LogP contribution in [-0.4, -0.2) is 22.7 Å². The Kier molecular flexibility index (Phi) is 5.58. The summed E-state index contributed by atoms with van der Waals surface area (Å²) >= 11 is 5.89. The summed E-state index contributed by atoms with van der Waals surface area (Å²) in [6.07, 6.45) is 1.27. The van der Waals surface area contributed by atoms with Gasteiger partial charge in [-0.25, -0.2) is 0 Å². The van der Waals surface area contributed by atoms with Gasteiger partial charge >= 0.3 is 0 Å². The van der Waals surface area contributed by atoms with Gasteiger partial charge in [0.2, 0.25) is 12.3 Å². The molecule has 0 aliphatic carbocycles. The van der Waals surface area contributed by atoms with Crippen molar-refractivity contribution in [1.29, 1.82) is 0 Å². The smallest absolute Gasteiger partial charge is 0.258 e. The molecule has 4 rings (SSSR count). The first-order chi connectivity index (χ1) is 14.2. The quantitative estimate of drug-likeness (QED) is 0.488. The number of aromatic nitrogens is 2. The van der Waals surface area contributed by atoms with E-state index in [2.05, 4.69) is 15.5 Å². The number of benzene rings is 2. The minimum atomic E-state index is -0.254. The van der Waals surface area contributed by atoms with Crippen molar-refractivity contribution in [3.05, 3.63) is 77.8 Å². The molecule has 0 bridgehead atoms. The lowest BCUT2D eigenvalue weighted by molar-refractivity contribution is -0.123. The molecule has 0 saturated carbocycles. The summed E-state index contributed by atoms with van der Waals surface area (Å²) in [7, 11) is 0. The molecule has 0 saturated heterocycles. The predicted molar refractivity (Wildman–Crippen MR) is 106 cm³/mol. The first kappa shape index (κ1) is 18.8.